The Hall–Kier alpha value is -2.55. The second-order valence-electron chi connectivity index (χ2n) is 6.62. The molecule has 2 aromatic rings. The van der Waals surface area contributed by atoms with Crippen LogP contribution in [0, 0.1) is 0 Å². The zero-order chi connectivity index (χ0) is 20.2. The molecule has 7 nitrogen and oxygen atoms in total. The molecular formula is C21H22O7S. The lowest BCUT2D eigenvalue weighted by Gasteiger charge is -2.32. The van der Waals surface area contributed by atoms with Crippen molar-refractivity contribution in [3.63, 3.8) is 0 Å². The van der Waals surface area contributed by atoms with E-state index in [4.69, 9.17) is 45.4 Å². The van der Waals surface area contributed by atoms with Gasteiger partial charge in [0.1, 0.15) is 24.8 Å². The zero-order valence-electron chi connectivity index (χ0n) is 16.1. The molecule has 0 amide bonds. The fourth-order valence-electron chi connectivity index (χ4n) is 3.52. The van der Waals surface area contributed by atoms with Crippen LogP contribution in [0.2, 0.25) is 0 Å². The molecule has 0 bridgehead atoms. The molecule has 154 valence electrons. The van der Waals surface area contributed by atoms with Gasteiger partial charge in [-0.3, -0.25) is 0 Å². The third kappa shape index (κ3) is 4.24. The summed E-state index contributed by atoms with van der Waals surface area (Å²) < 4.78 is 40.2. The van der Waals surface area contributed by atoms with Gasteiger partial charge in [-0.2, -0.15) is 0 Å². The highest BCUT2D eigenvalue weighted by atomic mass is 32.1. The van der Waals surface area contributed by atoms with Crippen molar-refractivity contribution in [3.8, 4) is 23.0 Å². The lowest BCUT2D eigenvalue weighted by atomic mass is 10.2. The smallest absolute Gasteiger partial charge is 0.358 e. The number of benzene rings is 2. The molecular weight excluding hydrogens is 396 g/mol. The summed E-state index contributed by atoms with van der Waals surface area (Å²) in [6, 6.07) is 14.7. The predicted octanol–water partition coefficient (Wildman–Crippen LogP) is 3.35. The first-order valence-electron chi connectivity index (χ1n) is 9.24. The number of hydrogen-bond donors (Lipinski definition) is 0. The average molecular weight is 418 g/mol. The van der Waals surface area contributed by atoms with E-state index in [1.165, 1.54) is 0 Å². The van der Waals surface area contributed by atoms with E-state index in [2.05, 4.69) is 0 Å². The van der Waals surface area contributed by atoms with Gasteiger partial charge in [-0.15, -0.1) is 0 Å². The maximum atomic E-state index is 6.21. The van der Waals surface area contributed by atoms with Crippen LogP contribution in [0.25, 0.3) is 0 Å². The summed E-state index contributed by atoms with van der Waals surface area (Å²) in [6.07, 6.45) is -1.03. The molecule has 0 saturated heterocycles. The van der Waals surface area contributed by atoms with Gasteiger partial charge in [0.05, 0.1) is 7.11 Å². The molecule has 2 aliphatic rings. The molecule has 0 radical (unpaired) electrons. The molecule has 1 aliphatic carbocycles. The van der Waals surface area contributed by atoms with E-state index in [-0.39, 0.29) is 24.2 Å². The maximum Gasteiger partial charge on any atom is 0.358 e. The summed E-state index contributed by atoms with van der Waals surface area (Å²) in [5.74, 6) is 2.37. The highest BCUT2D eigenvalue weighted by molar-refractivity contribution is 7.79. The topological polar surface area (TPSA) is 64.6 Å². The first kappa shape index (κ1) is 19.8. The number of rotatable bonds is 6. The monoisotopic (exact) mass is 418 g/mol. The second-order valence-corrected chi connectivity index (χ2v) is 6.95. The van der Waals surface area contributed by atoms with Crippen LogP contribution in [-0.2, 0) is 14.2 Å². The lowest BCUT2D eigenvalue weighted by Crippen LogP contribution is -2.45. The van der Waals surface area contributed by atoms with Gasteiger partial charge in [-0.05, 0) is 24.3 Å². The largest absolute Gasteiger partial charge is 0.493 e. The average Bonchev–Trinajstić information content (AvgIpc) is 3.07. The highest BCUT2D eigenvalue weighted by Crippen LogP contribution is 2.46. The van der Waals surface area contributed by atoms with Crippen LogP contribution in [0.1, 0.15) is 6.42 Å². The molecule has 1 saturated carbocycles. The normalized spacial score (nSPS) is 24.5. The van der Waals surface area contributed by atoms with Gasteiger partial charge in [0.15, 0.2) is 23.7 Å². The molecule has 1 heterocycles. The molecule has 1 aliphatic heterocycles. The molecule has 0 aromatic heterocycles. The number of methoxy groups -OCH3 is 2. The van der Waals surface area contributed by atoms with Crippen molar-refractivity contribution in [1.82, 2.24) is 0 Å². The van der Waals surface area contributed by atoms with Gasteiger partial charge in [0.25, 0.3) is 0 Å². The van der Waals surface area contributed by atoms with E-state index >= 15 is 0 Å². The predicted molar refractivity (Wildman–Crippen MR) is 108 cm³/mol. The second kappa shape index (κ2) is 8.86. The van der Waals surface area contributed by atoms with Gasteiger partial charge in [-0.25, -0.2) is 0 Å². The number of para-hydroxylation sites is 2. The summed E-state index contributed by atoms with van der Waals surface area (Å²) in [6.45, 7) is 0.118. The van der Waals surface area contributed by atoms with Crippen molar-refractivity contribution < 1.29 is 33.2 Å². The highest BCUT2D eigenvalue weighted by Gasteiger charge is 2.52. The maximum absolute atomic E-state index is 6.21. The van der Waals surface area contributed by atoms with Crippen LogP contribution in [-0.4, -0.2) is 50.7 Å². The SMILES string of the molecule is COCOC1CC2Oc3c(OC)cccc3O[C@H]2C1OC(=S)Oc1ccccc1. The molecule has 8 heteroatoms. The summed E-state index contributed by atoms with van der Waals surface area (Å²) >= 11 is 5.30. The summed E-state index contributed by atoms with van der Waals surface area (Å²) in [7, 11) is 3.16. The van der Waals surface area contributed by atoms with Crippen molar-refractivity contribution >= 4 is 17.5 Å². The Kier molecular flexibility index (Phi) is 6.03. The molecule has 2 aromatic carbocycles. The van der Waals surface area contributed by atoms with E-state index in [1.54, 1.807) is 26.4 Å². The Balaban J connectivity index is 1.52. The lowest BCUT2D eigenvalue weighted by molar-refractivity contribution is -0.111. The molecule has 3 unspecified atom stereocenters. The first-order chi connectivity index (χ1) is 14.2. The van der Waals surface area contributed by atoms with Crippen LogP contribution in [0.4, 0.5) is 0 Å². The molecule has 0 N–H and O–H groups in total. The quantitative estimate of drug-likeness (QED) is 0.523. The van der Waals surface area contributed by atoms with Gasteiger partial charge >= 0.3 is 5.24 Å². The van der Waals surface area contributed by atoms with E-state index in [9.17, 15) is 0 Å². The number of ether oxygens (including phenoxy) is 7. The number of hydrogen-bond acceptors (Lipinski definition) is 8. The van der Waals surface area contributed by atoms with Crippen LogP contribution in [0.3, 0.4) is 0 Å². The van der Waals surface area contributed by atoms with Crippen molar-refractivity contribution in [3.05, 3.63) is 48.5 Å². The summed E-state index contributed by atoms with van der Waals surface area (Å²) in [4.78, 5) is 0. The summed E-state index contributed by atoms with van der Waals surface area (Å²) in [5, 5.41) is -0.00657. The Morgan fingerprint density at radius 2 is 1.90 bits per heavy atom. The number of fused-ring (bicyclic) bond motifs is 2. The van der Waals surface area contributed by atoms with Crippen molar-refractivity contribution in [2.45, 2.75) is 30.8 Å². The van der Waals surface area contributed by atoms with Gasteiger partial charge in [-0.1, -0.05) is 24.3 Å². The minimum atomic E-state index is -0.522. The third-order valence-corrected chi connectivity index (χ3v) is 4.97. The Morgan fingerprint density at radius 3 is 2.66 bits per heavy atom. The van der Waals surface area contributed by atoms with E-state index < -0.39 is 12.2 Å². The Labute approximate surface area is 174 Å². The Bertz CT molecular complexity index is 844. The minimum Gasteiger partial charge on any atom is -0.493 e. The molecule has 29 heavy (non-hydrogen) atoms. The fourth-order valence-corrected chi connectivity index (χ4v) is 3.73. The molecule has 0 spiro atoms. The van der Waals surface area contributed by atoms with Gasteiger partial charge in [0.2, 0.25) is 5.75 Å². The van der Waals surface area contributed by atoms with Gasteiger partial charge in [0, 0.05) is 25.7 Å². The fraction of sp³-hybridized carbons (Fsp3) is 0.381. The van der Waals surface area contributed by atoms with E-state index in [1.807, 2.05) is 36.4 Å². The first-order valence-corrected chi connectivity index (χ1v) is 9.64. The third-order valence-electron chi connectivity index (χ3n) is 4.79. The zero-order valence-corrected chi connectivity index (χ0v) is 16.9. The van der Waals surface area contributed by atoms with Crippen molar-refractivity contribution in [2.75, 3.05) is 21.0 Å². The van der Waals surface area contributed by atoms with Crippen LogP contribution >= 0.6 is 12.2 Å². The van der Waals surface area contributed by atoms with Crippen LogP contribution in [0.5, 0.6) is 23.0 Å². The van der Waals surface area contributed by atoms with Crippen molar-refractivity contribution in [1.29, 1.82) is 0 Å². The molecule has 1 fully saturated rings. The van der Waals surface area contributed by atoms with Gasteiger partial charge < -0.3 is 33.2 Å². The van der Waals surface area contributed by atoms with Crippen LogP contribution in [0.15, 0.2) is 48.5 Å². The number of thiocarbonyl (C=S) groups is 1. The van der Waals surface area contributed by atoms with E-state index in [0.29, 0.717) is 29.4 Å². The minimum absolute atomic E-state index is 0.00657. The Morgan fingerprint density at radius 1 is 1.07 bits per heavy atom. The van der Waals surface area contributed by atoms with E-state index in [0.717, 1.165) is 0 Å². The van der Waals surface area contributed by atoms with Crippen molar-refractivity contribution in [2.24, 2.45) is 0 Å². The van der Waals surface area contributed by atoms with Crippen LogP contribution < -0.4 is 18.9 Å². The standard InChI is InChI=1S/C21H22O7S/c1-22-12-24-16-11-17-20(26-15-10-6-9-14(23-2)18(15)27-17)19(16)28-21(29)25-13-7-4-3-5-8-13/h3-10,16-17,19-20H,11-12H2,1-2H3/t16?,17?,19?,20-/m1/s1. The molecule has 4 rings (SSSR count). The summed E-state index contributed by atoms with van der Waals surface area (Å²) in [5.41, 5.74) is 0. The molecule has 4 atom stereocenters.